The SMILES string of the molecule is C[C@H](CCCCN)c1cnc2ccccc2c1. The van der Waals surface area contributed by atoms with E-state index in [9.17, 15) is 0 Å². The quantitative estimate of drug-likeness (QED) is 0.796. The average Bonchev–Trinajstić information content (AvgIpc) is 2.38. The van der Waals surface area contributed by atoms with Crippen molar-refractivity contribution in [1.82, 2.24) is 4.98 Å². The van der Waals surface area contributed by atoms with E-state index in [0.717, 1.165) is 18.5 Å². The topological polar surface area (TPSA) is 38.9 Å². The second kappa shape index (κ2) is 5.78. The van der Waals surface area contributed by atoms with E-state index < -0.39 is 0 Å². The van der Waals surface area contributed by atoms with Crippen molar-refractivity contribution in [3.8, 4) is 0 Å². The molecule has 0 radical (unpaired) electrons. The summed E-state index contributed by atoms with van der Waals surface area (Å²) < 4.78 is 0. The number of aromatic nitrogens is 1. The third-order valence-corrected chi connectivity index (χ3v) is 3.27. The van der Waals surface area contributed by atoms with Crippen LogP contribution in [0.15, 0.2) is 36.5 Å². The molecule has 0 aliphatic carbocycles. The van der Waals surface area contributed by atoms with Gasteiger partial charge in [0, 0.05) is 11.6 Å². The highest BCUT2D eigenvalue weighted by Crippen LogP contribution is 2.23. The van der Waals surface area contributed by atoms with Crippen molar-refractivity contribution in [2.75, 3.05) is 6.54 Å². The molecular formula is C15H20N2. The number of nitrogens with zero attached hydrogens (tertiary/aromatic N) is 1. The highest BCUT2D eigenvalue weighted by Gasteiger charge is 2.06. The second-order valence-electron chi connectivity index (χ2n) is 4.65. The summed E-state index contributed by atoms with van der Waals surface area (Å²) in [6, 6.07) is 10.5. The van der Waals surface area contributed by atoms with Crippen molar-refractivity contribution in [3.63, 3.8) is 0 Å². The summed E-state index contributed by atoms with van der Waals surface area (Å²) >= 11 is 0. The average molecular weight is 228 g/mol. The number of hydrogen-bond acceptors (Lipinski definition) is 2. The molecule has 0 unspecified atom stereocenters. The zero-order chi connectivity index (χ0) is 12.1. The third kappa shape index (κ3) is 3.04. The molecule has 0 bridgehead atoms. The molecule has 0 spiro atoms. The molecule has 0 aliphatic heterocycles. The maximum atomic E-state index is 5.52. The summed E-state index contributed by atoms with van der Waals surface area (Å²) in [4.78, 5) is 4.51. The van der Waals surface area contributed by atoms with Crippen LogP contribution in [0.5, 0.6) is 0 Å². The Hall–Kier alpha value is -1.41. The highest BCUT2D eigenvalue weighted by molar-refractivity contribution is 5.78. The van der Waals surface area contributed by atoms with E-state index in [1.807, 2.05) is 12.3 Å². The first-order valence-corrected chi connectivity index (χ1v) is 6.36. The fraction of sp³-hybridized carbons (Fsp3) is 0.400. The van der Waals surface area contributed by atoms with Gasteiger partial charge in [-0.05, 0) is 43.0 Å². The van der Waals surface area contributed by atoms with E-state index >= 15 is 0 Å². The molecular weight excluding hydrogens is 208 g/mol. The molecule has 1 aromatic heterocycles. The van der Waals surface area contributed by atoms with Gasteiger partial charge in [0.25, 0.3) is 0 Å². The maximum absolute atomic E-state index is 5.52. The van der Waals surface area contributed by atoms with Gasteiger partial charge in [-0.2, -0.15) is 0 Å². The first-order valence-electron chi connectivity index (χ1n) is 6.36. The minimum Gasteiger partial charge on any atom is -0.330 e. The Labute approximate surface area is 103 Å². The maximum Gasteiger partial charge on any atom is 0.0702 e. The van der Waals surface area contributed by atoms with Crippen LogP contribution in [0, 0.1) is 0 Å². The predicted molar refractivity (Wildman–Crippen MR) is 73.1 cm³/mol. The molecule has 90 valence electrons. The summed E-state index contributed by atoms with van der Waals surface area (Å²) in [6.07, 6.45) is 5.52. The molecule has 0 saturated heterocycles. The van der Waals surface area contributed by atoms with Crippen LogP contribution in [0.2, 0.25) is 0 Å². The smallest absolute Gasteiger partial charge is 0.0702 e. The fourth-order valence-electron chi connectivity index (χ4n) is 2.12. The molecule has 1 atom stereocenters. The minimum absolute atomic E-state index is 0.568. The van der Waals surface area contributed by atoms with Gasteiger partial charge in [0.1, 0.15) is 0 Å². The number of pyridine rings is 1. The van der Waals surface area contributed by atoms with Gasteiger partial charge in [0.05, 0.1) is 5.52 Å². The van der Waals surface area contributed by atoms with Gasteiger partial charge in [-0.25, -0.2) is 0 Å². The molecule has 2 rings (SSSR count). The summed E-state index contributed by atoms with van der Waals surface area (Å²) in [5.41, 5.74) is 7.92. The van der Waals surface area contributed by atoms with Crippen LogP contribution >= 0.6 is 0 Å². The molecule has 2 heteroatoms. The zero-order valence-electron chi connectivity index (χ0n) is 10.4. The summed E-state index contributed by atoms with van der Waals surface area (Å²) in [6.45, 7) is 3.06. The lowest BCUT2D eigenvalue weighted by molar-refractivity contribution is 0.608. The Bertz CT molecular complexity index is 479. The molecule has 1 aromatic carbocycles. The normalized spacial score (nSPS) is 12.8. The molecule has 1 heterocycles. The first kappa shape index (κ1) is 12.1. The lowest BCUT2D eigenvalue weighted by Gasteiger charge is -2.11. The molecule has 0 fully saturated rings. The second-order valence-corrected chi connectivity index (χ2v) is 4.65. The predicted octanol–water partition coefficient (Wildman–Crippen LogP) is 3.47. The van der Waals surface area contributed by atoms with Crippen molar-refractivity contribution in [3.05, 3.63) is 42.1 Å². The molecule has 0 saturated carbocycles. The van der Waals surface area contributed by atoms with E-state index in [4.69, 9.17) is 5.73 Å². The van der Waals surface area contributed by atoms with Gasteiger partial charge in [-0.3, -0.25) is 4.98 Å². The Morgan fingerprint density at radius 2 is 2.06 bits per heavy atom. The van der Waals surface area contributed by atoms with Crippen LogP contribution in [-0.2, 0) is 0 Å². The molecule has 0 aliphatic rings. The largest absolute Gasteiger partial charge is 0.330 e. The molecule has 2 N–H and O–H groups in total. The summed E-state index contributed by atoms with van der Waals surface area (Å²) in [7, 11) is 0. The Kier molecular flexibility index (Phi) is 4.10. The van der Waals surface area contributed by atoms with E-state index in [1.165, 1.54) is 23.8 Å². The van der Waals surface area contributed by atoms with Crippen molar-refractivity contribution >= 4 is 10.9 Å². The number of benzene rings is 1. The lowest BCUT2D eigenvalue weighted by atomic mass is 9.96. The van der Waals surface area contributed by atoms with Crippen molar-refractivity contribution < 1.29 is 0 Å². The summed E-state index contributed by atoms with van der Waals surface area (Å²) in [5, 5.41) is 1.23. The molecule has 2 nitrogen and oxygen atoms in total. The van der Waals surface area contributed by atoms with E-state index in [2.05, 4.69) is 36.2 Å². The van der Waals surface area contributed by atoms with Gasteiger partial charge < -0.3 is 5.73 Å². The number of unbranched alkanes of at least 4 members (excludes halogenated alkanes) is 1. The molecule has 17 heavy (non-hydrogen) atoms. The van der Waals surface area contributed by atoms with E-state index in [0.29, 0.717) is 5.92 Å². The van der Waals surface area contributed by atoms with Gasteiger partial charge >= 0.3 is 0 Å². The van der Waals surface area contributed by atoms with E-state index in [1.54, 1.807) is 0 Å². The van der Waals surface area contributed by atoms with E-state index in [-0.39, 0.29) is 0 Å². The number of para-hydroxylation sites is 1. The van der Waals surface area contributed by atoms with Gasteiger partial charge in [-0.15, -0.1) is 0 Å². The van der Waals surface area contributed by atoms with Gasteiger partial charge in [-0.1, -0.05) is 31.5 Å². The Morgan fingerprint density at radius 3 is 2.88 bits per heavy atom. The third-order valence-electron chi connectivity index (χ3n) is 3.27. The molecule has 0 amide bonds. The van der Waals surface area contributed by atoms with Crippen molar-refractivity contribution in [2.24, 2.45) is 5.73 Å². The summed E-state index contributed by atoms with van der Waals surface area (Å²) in [5.74, 6) is 0.568. The lowest BCUT2D eigenvalue weighted by Crippen LogP contribution is -2.00. The zero-order valence-corrected chi connectivity index (χ0v) is 10.4. The Morgan fingerprint density at radius 1 is 1.24 bits per heavy atom. The van der Waals surface area contributed by atoms with Crippen LogP contribution in [0.3, 0.4) is 0 Å². The Balaban J connectivity index is 2.12. The van der Waals surface area contributed by atoms with Crippen LogP contribution in [0.25, 0.3) is 10.9 Å². The van der Waals surface area contributed by atoms with Crippen LogP contribution in [0.4, 0.5) is 0 Å². The van der Waals surface area contributed by atoms with Crippen LogP contribution < -0.4 is 5.73 Å². The monoisotopic (exact) mass is 228 g/mol. The number of fused-ring (bicyclic) bond motifs is 1. The highest BCUT2D eigenvalue weighted by atomic mass is 14.6. The number of hydrogen-bond donors (Lipinski definition) is 1. The minimum atomic E-state index is 0.568. The first-order chi connectivity index (χ1) is 8.31. The standard InChI is InChI=1S/C15H20N2/c1-12(6-4-5-9-16)14-10-13-7-2-3-8-15(13)17-11-14/h2-3,7-8,10-12H,4-6,9,16H2,1H3/t12-/m1/s1. The van der Waals surface area contributed by atoms with Gasteiger partial charge in [0.15, 0.2) is 0 Å². The number of nitrogens with two attached hydrogens (primary N) is 1. The van der Waals surface area contributed by atoms with Crippen molar-refractivity contribution in [1.29, 1.82) is 0 Å². The van der Waals surface area contributed by atoms with Crippen LogP contribution in [0.1, 0.15) is 37.7 Å². The van der Waals surface area contributed by atoms with Crippen LogP contribution in [-0.4, -0.2) is 11.5 Å². The van der Waals surface area contributed by atoms with Crippen molar-refractivity contribution in [2.45, 2.75) is 32.1 Å². The molecule has 2 aromatic rings. The number of rotatable bonds is 5. The van der Waals surface area contributed by atoms with Gasteiger partial charge in [0.2, 0.25) is 0 Å². The fourth-order valence-corrected chi connectivity index (χ4v) is 2.12.